The molecule has 2 fully saturated rings. The Hall–Kier alpha value is -0.220. The highest BCUT2D eigenvalue weighted by molar-refractivity contribution is 8.14. The van der Waals surface area contributed by atoms with Crippen LogP contribution in [-0.4, -0.2) is 35.7 Å². The molecule has 2 aliphatic heterocycles. The topological polar surface area (TPSA) is 33.6 Å². The number of rotatable bonds is 3. The molecule has 2 aliphatic rings. The molecule has 0 amide bonds. The summed E-state index contributed by atoms with van der Waals surface area (Å²) in [6.45, 7) is 7.53. The standard InChI is InChI=1S/C12H22N2OS/c1-8(2)6-10-7-16-12(13-10)14-11-4-5-15-9(11)3/h8-11H,4-7H2,1-3H3,(H,13,14). The molecule has 0 aromatic heterocycles. The number of amidine groups is 1. The van der Waals surface area contributed by atoms with E-state index in [-0.39, 0.29) is 0 Å². The van der Waals surface area contributed by atoms with Gasteiger partial charge in [0.05, 0.1) is 12.1 Å². The smallest absolute Gasteiger partial charge is 0.157 e. The van der Waals surface area contributed by atoms with Crippen LogP contribution in [0.2, 0.25) is 0 Å². The summed E-state index contributed by atoms with van der Waals surface area (Å²) < 4.78 is 5.52. The van der Waals surface area contributed by atoms with Crippen LogP contribution >= 0.6 is 11.8 Å². The summed E-state index contributed by atoms with van der Waals surface area (Å²) in [5.74, 6) is 1.92. The number of aliphatic imine (C=N–C) groups is 1. The van der Waals surface area contributed by atoms with Gasteiger partial charge < -0.3 is 10.1 Å². The summed E-state index contributed by atoms with van der Waals surface area (Å²) in [6, 6.07) is 0.981. The van der Waals surface area contributed by atoms with E-state index in [1.807, 2.05) is 11.8 Å². The highest BCUT2D eigenvalue weighted by Crippen LogP contribution is 2.23. The maximum atomic E-state index is 5.52. The maximum Gasteiger partial charge on any atom is 0.157 e. The van der Waals surface area contributed by atoms with Crippen molar-refractivity contribution in [1.29, 1.82) is 0 Å². The molecule has 2 saturated heterocycles. The van der Waals surface area contributed by atoms with E-state index in [9.17, 15) is 0 Å². The summed E-state index contributed by atoms with van der Waals surface area (Å²) in [6.07, 6.45) is 2.60. The third-order valence-electron chi connectivity index (χ3n) is 3.12. The molecule has 3 unspecified atom stereocenters. The molecule has 2 heterocycles. The van der Waals surface area contributed by atoms with Gasteiger partial charge in [-0.3, -0.25) is 4.99 Å². The third-order valence-corrected chi connectivity index (χ3v) is 4.19. The molecular weight excluding hydrogens is 220 g/mol. The van der Waals surface area contributed by atoms with E-state index in [0.717, 1.165) is 24.1 Å². The van der Waals surface area contributed by atoms with E-state index in [4.69, 9.17) is 9.73 Å². The van der Waals surface area contributed by atoms with Gasteiger partial charge in [0.25, 0.3) is 0 Å². The van der Waals surface area contributed by atoms with E-state index < -0.39 is 0 Å². The second kappa shape index (κ2) is 5.41. The third kappa shape index (κ3) is 3.14. The Labute approximate surface area is 102 Å². The fraction of sp³-hybridized carbons (Fsp3) is 0.917. The fourth-order valence-electron chi connectivity index (χ4n) is 2.25. The van der Waals surface area contributed by atoms with Crippen LogP contribution in [-0.2, 0) is 4.74 Å². The lowest BCUT2D eigenvalue weighted by Gasteiger charge is -2.13. The van der Waals surface area contributed by atoms with Gasteiger partial charge in [0.15, 0.2) is 5.17 Å². The van der Waals surface area contributed by atoms with Gasteiger partial charge in [0.2, 0.25) is 0 Å². The summed E-state index contributed by atoms with van der Waals surface area (Å²) >= 11 is 1.86. The molecule has 0 aromatic carbocycles. The minimum atomic E-state index is 0.291. The van der Waals surface area contributed by atoms with Crippen molar-refractivity contribution in [1.82, 2.24) is 5.32 Å². The first-order valence-electron chi connectivity index (χ1n) is 6.24. The molecule has 4 heteroatoms. The van der Waals surface area contributed by atoms with Crippen molar-refractivity contribution in [3.05, 3.63) is 0 Å². The van der Waals surface area contributed by atoms with E-state index in [1.165, 1.54) is 12.2 Å². The number of hydrogen-bond acceptors (Lipinski definition) is 3. The summed E-state index contributed by atoms with van der Waals surface area (Å²) in [5.41, 5.74) is 0. The van der Waals surface area contributed by atoms with Crippen molar-refractivity contribution in [2.24, 2.45) is 10.9 Å². The van der Waals surface area contributed by atoms with Gasteiger partial charge in [-0.2, -0.15) is 0 Å². The lowest BCUT2D eigenvalue weighted by molar-refractivity contribution is 0.119. The Morgan fingerprint density at radius 3 is 3.00 bits per heavy atom. The summed E-state index contributed by atoms with van der Waals surface area (Å²) in [4.78, 5) is 4.76. The molecule has 0 aliphatic carbocycles. The lowest BCUT2D eigenvalue weighted by Crippen LogP contribution is -2.29. The molecule has 0 saturated carbocycles. The maximum absolute atomic E-state index is 5.52. The highest BCUT2D eigenvalue weighted by atomic mass is 32.2. The molecule has 0 radical (unpaired) electrons. The van der Waals surface area contributed by atoms with Gasteiger partial charge in [-0.05, 0) is 25.7 Å². The van der Waals surface area contributed by atoms with Gasteiger partial charge in [0.1, 0.15) is 0 Å². The molecule has 2 rings (SSSR count). The van der Waals surface area contributed by atoms with Gasteiger partial charge in [-0.15, -0.1) is 0 Å². The fourth-order valence-corrected chi connectivity index (χ4v) is 3.29. The molecular formula is C12H22N2OS. The van der Waals surface area contributed by atoms with Crippen LogP contribution in [0.1, 0.15) is 33.6 Å². The summed E-state index contributed by atoms with van der Waals surface area (Å²) in [7, 11) is 0. The molecule has 16 heavy (non-hydrogen) atoms. The number of nitrogens with one attached hydrogen (secondary N) is 1. The monoisotopic (exact) mass is 242 g/mol. The quantitative estimate of drug-likeness (QED) is 0.824. The van der Waals surface area contributed by atoms with E-state index >= 15 is 0 Å². The first kappa shape index (κ1) is 12.2. The van der Waals surface area contributed by atoms with Crippen molar-refractivity contribution in [3.8, 4) is 0 Å². The molecule has 0 spiro atoms. The predicted molar refractivity (Wildman–Crippen MR) is 70.1 cm³/mol. The molecule has 1 N–H and O–H groups in total. The van der Waals surface area contributed by atoms with E-state index in [2.05, 4.69) is 26.1 Å². The SMILES string of the molecule is CC(C)CC1CSC(=NC2CCOC2C)N1. The van der Waals surface area contributed by atoms with Crippen LogP contribution in [0, 0.1) is 5.92 Å². The van der Waals surface area contributed by atoms with Crippen molar-refractivity contribution >= 4 is 16.9 Å². The Bertz CT molecular complexity index is 268. The van der Waals surface area contributed by atoms with Crippen LogP contribution in [0.15, 0.2) is 4.99 Å². The second-order valence-electron chi connectivity index (χ2n) is 5.15. The van der Waals surface area contributed by atoms with Gasteiger partial charge >= 0.3 is 0 Å². The van der Waals surface area contributed by atoms with Gasteiger partial charge in [0, 0.05) is 18.4 Å². The number of thioether (sulfide) groups is 1. The average molecular weight is 242 g/mol. The van der Waals surface area contributed by atoms with Gasteiger partial charge in [-0.25, -0.2) is 0 Å². The first-order valence-corrected chi connectivity index (χ1v) is 7.22. The van der Waals surface area contributed by atoms with Crippen molar-refractivity contribution in [2.45, 2.75) is 51.8 Å². The predicted octanol–water partition coefficient (Wildman–Crippen LogP) is 2.27. The number of nitrogens with zero attached hydrogens (tertiary/aromatic N) is 1. The van der Waals surface area contributed by atoms with Crippen LogP contribution in [0.3, 0.4) is 0 Å². The minimum Gasteiger partial charge on any atom is -0.376 e. The molecule has 92 valence electrons. The normalized spacial score (nSPS) is 37.2. The average Bonchev–Trinajstić information content (AvgIpc) is 2.77. The zero-order chi connectivity index (χ0) is 11.5. The van der Waals surface area contributed by atoms with Gasteiger partial charge in [-0.1, -0.05) is 25.6 Å². The molecule has 0 aromatic rings. The zero-order valence-corrected chi connectivity index (χ0v) is 11.2. The van der Waals surface area contributed by atoms with Crippen LogP contribution in [0.4, 0.5) is 0 Å². The Morgan fingerprint density at radius 1 is 1.56 bits per heavy atom. The Balaban J connectivity index is 1.85. The molecule has 0 bridgehead atoms. The number of hydrogen-bond donors (Lipinski definition) is 1. The zero-order valence-electron chi connectivity index (χ0n) is 10.4. The highest BCUT2D eigenvalue weighted by Gasteiger charge is 2.27. The first-order chi connectivity index (χ1) is 7.65. The second-order valence-corrected chi connectivity index (χ2v) is 6.16. The van der Waals surface area contributed by atoms with Crippen LogP contribution in [0.25, 0.3) is 0 Å². The molecule has 3 atom stereocenters. The van der Waals surface area contributed by atoms with Crippen molar-refractivity contribution in [2.75, 3.05) is 12.4 Å². The van der Waals surface area contributed by atoms with Crippen LogP contribution in [0.5, 0.6) is 0 Å². The Kier molecular flexibility index (Phi) is 4.14. The lowest BCUT2D eigenvalue weighted by atomic mass is 10.1. The van der Waals surface area contributed by atoms with E-state index in [0.29, 0.717) is 18.2 Å². The van der Waals surface area contributed by atoms with Crippen molar-refractivity contribution < 1.29 is 4.74 Å². The van der Waals surface area contributed by atoms with Crippen LogP contribution < -0.4 is 5.32 Å². The number of ether oxygens (including phenoxy) is 1. The minimum absolute atomic E-state index is 0.291. The molecule has 3 nitrogen and oxygen atoms in total. The Morgan fingerprint density at radius 2 is 2.38 bits per heavy atom. The summed E-state index contributed by atoms with van der Waals surface area (Å²) in [5, 5.41) is 4.66. The largest absolute Gasteiger partial charge is 0.376 e. The van der Waals surface area contributed by atoms with E-state index in [1.54, 1.807) is 0 Å². The van der Waals surface area contributed by atoms with Crippen molar-refractivity contribution in [3.63, 3.8) is 0 Å².